The van der Waals surface area contributed by atoms with Gasteiger partial charge in [0.25, 0.3) is 0 Å². The van der Waals surface area contributed by atoms with Crippen LogP contribution in [0, 0.1) is 13.8 Å². The van der Waals surface area contributed by atoms with E-state index >= 15 is 0 Å². The molecule has 0 aliphatic carbocycles. The molecule has 0 unspecified atom stereocenters. The first kappa shape index (κ1) is 10.6. The highest BCUT2D eigenvalue weighted by molar-refractivity contribution is 7.15. The molecule has 0 aliphatic heterocycles. The second kappa shape index (κ2) is 4.72. The predicted molar refractivity (Wildman–Crippen MR) is 65.9 cm³/mol. The highest BCUT2D eigenvalue weighted by atomic mass is 32.1. The molecule has 3 nitrogen and oxygen atoms in total. The van der Waals surface area contributed by atoms with E-state index in [2.05, 4.69) is 27.6 Å². The summed E-state index contributed by atoms with van der Waals surface area (Å²) >= 11 is 3.35. The number of hydrogen-bond acceptors (Lipinski definition) is 5. The van der Waals surface area contributed by atoms with Gasteiger partial charge in [-0.15, -0.1) is 22.7 Å². The summed E-state index contributed by atoms with van der Waals surface area (Å²) in [4.78, 5) is 9.93. The second-order valence-electron chi connectivity index (χ2n) is 3.32. The topological polar surface area (TPSA) is 37.8 Å². The van der Waals surface area contributed by atoms with Crippen LogP contribution in [-0.2, 0) is 6.42 Å². The molecule has 0 amide bonds. The Morgan fingerprint density at radius 3 is 2.87 bits per heavy atom. The third-order valence-electron chi connectivity index (χ3n) is 2.17. The van der Waals surface area contributed by atoms with Gasteiger partial charge in [0.05, 0.1) is 16.9 Å². The Hall–Kier alpha value is -0.940. The van der Waals surface area contributed by atoms with Gasteiger partial charge in [0.1, 0.15) is 0 Å². The van der Waals surface area contributed by atoms with Crippen molar-refractivity contribution < 1.29 is 0 Å². The van der Waals surface area contributed by atoms with E-state index in [1.807, 2.05) is 12.4 Å². The monoisotopic (exact) mass is 239 g/mol. The van der Waals surface area contributed by atoms with Crippen LogP contribution in [0.1, 0.15) is 16.3 Å². The molecule has 0 saturated carbocycles. The van der Waals surface area contributed by atoms with E-state index in [1.165, 1.54) is 4.88 Å². The Labute approximate surface area is 97.2 Å². The van der Waals surface area contributed by atoms with Crippen LogP contribution in [0.4, 0.5) is 5.13 Å². The number of rotatable bonds is 4. The molecule has 0 aromatic carbocycles. The van der Waals surface area contributed by atoms with Gasteiger partial charge in [-0.1, -0.05) is 0 Å². The van der Waals surface area contributed by atoms with E-state index in [-0.39, 0.29) is 0 Å². The molecule has 0 aliphatic rings. The summed E-state index contributed by atoms with van der Waals surface area (Å²) in [5, 5.41) is 6.41. The molecule has 0 fully saturated rings. The molecular formula is C10H13N3S2. The minimum absolute atomic E-state index is 0.899. The molecule has 1 N–H and O–H groups in total. The average Bonchev–Trinajstić information content (AvgIpc) is 2.79. The predicted octanol–water partition coefficient (Wildman–Crippen LogP) is 2.87. The molecular weight excluding hydrogens is 226 g/mol. The van der Waals surface area contributed by atoms with Crippen LogP contribution >= 0.6 is 22.7 Å². The fourth-order valence-corrected chi connectivity index (χ4v) is 2.64. The Balaban J connectivity index is 1.83. The quantitative estimate of drug-likeness (QED) is 0.891. The maximum Gasteiger partial charge on any atom is 0.183 e. The highest BCUT2D eigenvalue weighted by Crippen LogP contribution is 2.20. The molecule has 2 aromatic heterocycles. The molecule has 2 rings (SSSR count). The van der Waals surface area contributed by atoms with Crippen LogP contribution in [-0.4, -0.2) is 16.5 Å². The van der Waals surface area contributed by atoms with Crippen molar-refractivity contribution in [2.45, 2.75) is 20.3 Å². The zero-order valence-electron chi connectivity index (χ0n) is 8.78. The van der Waals surface area contributed by atoms with Gasteiger partial charge in [-0.05, 0) is 13.8 Å². The third kappa shape index (κ3) is 2.76. The maximum absolute atomic E-state index is 4.42. The van der Waals surface area contributed by atoms with Crippen LogP contribution in [0.5, 0.6) is 0 Å². The molecule has 5 heteroatoms. The lowest BCUT2D eigenvalue weighted by atomic mass is 10.3. The number of nitrogens with zero attached hydrogens (tertiary/aromatic N) is 2. The fourth-order valence-electron chi connectivity index (χ4n) is 1.21. The van der Waals surface area contributed by atoms with Gasteiger partial charge in [-0.25, -0.2) is 9.97 Å². The van der Waals surface area contributed by atoms with E-state index in [1.54, 1.807) is 22.7 Å². The minimum Gasteiger partial charge on any atom is -0.361 e. The van der Waals surface area contributed by atoms with Crippen molar-refractivity contribution in [3.63, 3.8) is 0 Å². The zero-order chi connectivity index (χ0) is 10.7. The van der Waals surface area contributed by atoms with Crippen LogP contribution in [0.15, 0.2) is 10.9 Å². The normalized spacial score (nSPS) is 10.5. The SMILES string of the molecule is Cc1nc(NCCc2cscn2)sc1C. The van der Waals surface area contributed by atoms with Gasteiger partial charge in [-0.2, -0.15) is 0 Å². The molecule has 0 saturated heterocycles. The Kier molecular flexibility index (Phi) is 3.33. The summed E-state index contributed by atoms with van der Waals surface area (Å²) in [5.41, 5.74) is 4.14. The summed E-state index contributed by atoms with van der Waals surface area (Å²) < 4.78 is 0. The molecule has 15 heavy (non-hydrogen) atoms. The molecule has 0 radical (unpaired) electrons. The molecule has 2 aromatic rings. The first-order valence-corrected chi connectivity index (χ1v) is 6.56. The molecule has 2 heterocycles. The van der Waals surface area contributed by atoms with Crippen molar-refractivity contribution in [1.82, 2.24) is 9.97 Å². The number of hydrogen-bond donors (Lipinski definition) is 1. The summed E-state index contributed by atoms with van der Waals surface area (Å²) in [7, 11) is 0. The van der Waals surface area contributed by atoms with E-state index in [0.29, 0.717) is 0 Å². The smallest absolute Gasteiger partial charge is 0.183 e. The standard InChI is InChI=1S/C10H13N3S2/c1-7-8(2)15-10(13-7)11-4-3-9-5-14-6-12-9/h5-6H,3-4H2,1-2H3,(H,11,13). The van der Waals surface area contributed by atoms with E-state index in [4.69, 9.17) is 0 Å². The number of thiazole rings is 2. The van der Waals surface area contributed by atoms with E-state index < -0.39 is 0 Å². The van der Waals surface area contributed by atoms with Crippen molar-refractivity contribution >= 4 is 27.8 Å². The molecule has 80 valence electrons. The molecule has 0 bridgehead atoms. The second-order valence-corrected chi connectivity index (χ2v) is 5.24. The summed E-state index contributed by atoms with van der Waals surface area (Å²) in [6.07, 6.45) is 0.959. The molecule has 0 atom stereocenters. The summed E-state index contributed by atoms with van der Waals surface area (Å²) in [6.45, 7) is 5.03. The summed E-state index contributed by atoms with van der Waals surface area (Å²) in [6, 6.07) is 0. The lowest BCUT2D eigenvalue weighted by Crippen LogP contribution is -2.04. The van der Waals surface area contributed by atoms with Crippen LogP contribution in [0.25, 0.3) is 0 Å². The van der Waals surface area contributed by atoms with Crippen molar-refractivity contribution in [1.29, 1.82) is 0 Å². The van der Waals surface area contributed by atoms with Crippen LogP contribution < -0.4 is 5.32 Å². The third-order valence-corrected chi connectivity index (χ3v) is 3.84. The van der Waals surface area contributed by atoms with Gasteiger partial charge in [0.15, 0.2) is 5.13 Å². The van der Waals surface area contributed by atoms with Crippen LogP contribution in [0.3, 0.4) is 0 Å². The van der Waals surface area contributed by atoms with Gasteiger partial charge in [0.2, 0.25) is 0 Å². The van der Waals surface area contributed by atoms with E-state index in [0.717, 1.165) is 29.5 Å². The number of nitrogens with one attached hydrogen (secondary N) is 1. The van der Waals surface area contributed by atoms with Crippen LogP contribution in [0.2, 0.25) is 0 Å². The maximum atomic E-state index is 4.42. The Morgan fingerprint density at radius 1 is 1.40 bits per heavy atom. The highest BCUT2D eigenvalue weighted by Gasteiger charge is 2.02. The van der Waals surface area contributed by atoms with Crippen molar-refractivity contribution in [2.24, 2.45) is 0 Å². The van der Waals surface area contributed by atoms with Gasteiger partial charge >= 0.3 is 0 Å². The minimum atomic E-state index is 0.899. The molecule has 0 spiro atoms. The van der Waals surface area contributed by atoms with Gasteiger partial charge in [0, 0.05) is 23.2 Å². The zero-order valence-corrected chi connectivity index (χ0v) is 10.4. The van der Waals surface area contributed by atoms with Gasteiger partial charge < -0.3 is 5.32 Å². The average molecular weight is 239 g/mol. The first-order valence-electron chi connectivity index (χ1n) is 4.80. The summed E-state index contributed by atoms with van der Waals surface area (Å²) in [5.74, 6) is 0. The largest absolute Gasteiger partial charge is 0.361 e. The lowest BCUT2D eigenvalue weighted by molar-refractivity contribution is 0.972. The van der Waals surface area contributed by atoms with Crippen molar-refractivity contribution in [2.75, 3.05) is 11.9 Å². The van der Waals surface area contributed by atoms with Crippen molar-refractivity contribution in [3.8, 4) is 0 Å². The number of aryl methyl sites for hydroxylation is 2. The van der Waals surface area contributed by atoms with Crippen molar-refractivity contribution in [3.05, 3.63) is 27.2 Å². The number of aromatic nitrogens is 2. The Morgan fingerprint density at radius 2 is 2.27 bits per heavy atom. The van der Waals surface area contributed by atoms with E-state index in [9.17, 15) is 0 Å². The lowest BCUT2D eigenvalue weighted by Gasteiger charge is -1.99. The number of anilines is 1. The first-order chi connectivity index (χ1) is 7.25. The fraction of sp³-hybridized carbons (Fsp3) is 0.400. The Bertz CT molecular complexity index is 400. The van der Waals surface area contributed by atoms with Gasteiger partial charge in [-0.3, -0.25) is 0 Å².